The monoisotopic (exact) mass is 629 g/mol. The summed E-state index contributed by atoms with van der Waals surface area (Å²) in [6.07, 6.45) is -2.39. The molecule has 0 aliphatic carbocycles. The van der Waals surface area contributed by atoms with Gasteiger partial charge in [0.05, 0.1) is 18.6 Å². The van der Waals surface area contributed by atoms with Crippen LogP contribution in [0.25, 0.3) is 22.3 Å². The van der Waals surface area contributed by atoms with Crippen LogP contribution in [0.3, 0.4) is 0 Å². The zero-order valence-corrected chi connectivity index (χ0v) is 26.4. The molecule has 1 heterocycles. The van der Waals surface area contributed by atoms with E-state index >= 15 is 0 Å². The smallest absolute Gasteiger partial charge is 0.305 e. The largest absolute Gasteiger partial charge is 0.481 e. The molecule has 10 heteroatoms. The standard InChI is InChI=1S/C36H40FN3O6/c1-22(2)40-30(18-17-28(41)20-29(42)21-31(43)44)32(24-13-15-26(37)16-14-24)33(23-9-6-5-7-10-23)34(40)35(45)38-27-12-8-11-25(19-27)36(46)39(3)4/h5-16,19,22,28-29,41-42H,17-18,20-21H2,1-4H3,(H,38,45)(H,43,44)/t28-,29-/m1/s1. The van der Waals surface area contributed by atoms with E-state index in [0.29, 0.717) is 39.3 Å². The molecule has 0 saturated heterocycles. The third-order valence-electron chi connectivity index (χ3n) is 7.68. The molecule has 46 heavy (non-hydrogen) atoms. The van der Waals surface area contributed by atoms with Gasteiger partial charge in [-0.1, -0.05) is 48.5 Å². The van der Waals surface area contributed by atoms with Crippen molar-refractivity contribution in [3.63, 3.8) is 0 Å². The van der Waals surface area contributed by atoms with Gasteiger partial charge in [-0.05, 0) is 74.6 Å². The molecule has 0 fully saturated rings. The van der Waals surface area contributed by atoms with Crippen LogP contribution in [-0.4, -0.2) is 68.9 Å². The molecule has 9 nitrogen and oxygen atoms in total. The average Bonchev–Trinajstić information content (AvgIpc) is 3.35. The van der Waals surface area contributed by atoms with Gasteiger partial charge in [0.15, 0.2) is 0 Å². The predicted molar refractivity (Wildman–Crippen MR) is 175 cm³/mol. The molecule has 0 saturated carbocycles. The van der Waals surface area contributed by atoms with Crippen LogP contribution in [0.4, 0.5) is 10.1 Å². The summed E-state index contributed by atoms with van der Waals surface area (Å²) in [6.45, 7) is 3.87. The van der Waals surface area contributed by atoms with E-state index < -0.39 is 36.3 Å². The Bertz CT molecular complexity index is 1680. The first-order valence-corrected chi connectivity index (χ1v) is 15.2. The normalized spacial score (nSPS) is 12.5. The molecule has 4 N–H and O–H groups in total. The number of nitrogens with one attached hydrogen (secondary N) is 1. The molecule has 0 aliphatic rings. The van der Waals surface area contributed by atoms with Crippen molar-refractivity contribution in [3.8, 4) is 22.3 Å². The highest BCUT2D eigenvalue weighted by Crippen LogP contribution is 2.43. The lowest BCUT2D eigenvalue weighted by Gasteiger charge is -2.20. The lowest BCUT2D eigenvalue weighted by molar-refractivity contribution is -0.139. The molecule has 0 unspecified atom stereocenters. The summed E-state index contributed by atoms with van der Waals surface area (Å²) >= 11 is 0. The molecule has 0 radical (unpaired) electrons. The zero-order valence-electron chi connectivity index (χ0n) is 26.4. The summed E-state index contributed by atoms with van der Waals surface area (Å²) in [6, 6.07) is 21.8. The van der Waals surface area contributed by atoms with Gasteiger partial charge < -0.3 is 30.1 Å². The SMILES string of the molecule is CC(C)n1c(CC[C@@H](O)C[C@@H](O)CC(=O)O)c(-c2ccc(F)cc2)c(-c2ccccc2)c1C(=O)Nc1cccc(C(=O)N(C)C)c1. The van der Waals surface area contributed by atoms with Crippen molar-refractivity contribution < 1.29 is 34.1 Å². The molecular formula is C36H40FN3O6. The second-order valence-electron chi connectivity index (χ2n) is 11.8. The molecule has 4 aromatic rings. The van der Waals surface area contributed by atoms with Crippen molar-refractivity contribution in [3.05, 3.63) is 102 Å². The average molecular weight is 630 g/mol. The van der Waals surface area contributed by atoms with E-state index in [9.17, 15) is 29.0 Å². The van der Waals surface area contributed by atoms with Crippen molar-refractivity contribution >= 4 is 23.5 Å². The van der Waals surface area contributed by atoms with E-state index in [1.54, 1.807) is 50.5 Å². The fourth-order valence-corrected chi connectivity index (χ4v) is 5.69. The number of nitrogens with zero attached hydrogens (tertiary/aromatic N) is 2. The third kappa shape index (κ3) is 8.07. The van der Waals surface area contributed by atoms with Gasteiger partial charge in [-0.15, -0.1) is 0 Å². The van der Waals surface area contributed by atoms with E-state index in [4.69, 9.17) is 5.11 Å². The van der Waals surface area contributed by atoms with Gasteiger partial charge in [0.25, 0.3) is 11.8 Å². The number of rotatable bonds is 13. The van der Waals surface area contributed by atoms with Gasteiger partial charge in [-0.25, -0.2) is 4.39 Å². The summed E-state index contributed by atoms with van der Waals surface area (Å²) < 4.78 is 16.0. The number of anilines is 1. The fourth-order valence-electron chi connectivity index (χ4n) is 5.69. The maximum absolute atomic E-state index is 14.4. The lowest BCUT2D eigenvalue weighted by atomic mass is 9.92. The summed E-state index contributed by atoms with van der Waals surface area (Å²) in [5.41, 5.74) is 4.64. The van der Waals surface area contributed by atoms with Crippen LogP contribution in [0.5, 0.6) is 0 Å². The number of aromatic nitrogens is 1. The highest BCUT2D eigenvalue weighted by molar-refractivity contribution is 6.11. The van der Waals surface area contributed by atoms with Gasteiger partial charge >= 0.3 is 5.97 Å². The van der Waals surface area contributed by atoms with E-state index in [1.165, 1.54) is 17.0 Å². The minimum Gasteiger partial charge on any atom is -0.481 e. The number of aliphatic carboxylic acids is 1. The van der Waals surface area contributed by atoms with Crippen molar-refractivity contribution in [2.45, 2.75) is 57.8 Å². The fraction of sp³-hybridized carbons (Fsp3) is 0.306. The molecule has 1 aromatic heterocycles. The molecule has 0 aliphatic heterocycles. The number of hydrogen-bond acceptors (Lipinski definition) is 5. The van der Waals surface area contributed by atoms with E-state index in [2.05, 4.69) is 5.32 Å². The minimum absolute atomic E-state index is 0.124. The van der Waals surface area contributed by atoms with E-state index in [1.807, 2.05) is 48.7 Å². The van der Waals surface area contributed by atoms with Crippen LogP contribution < -0.4 is 5.32 Å². The Hall–Kier alpha value is -4.80. The number of halogens is 1. The first kappa shape index (κ1) is 34.1. The van der Waals surface area contributed by atoms with Crippen molar-refractivity contribution in [2.24, 2.45) is 0 Å². The maximum atomic E-state index is 14.4. The van der Waals surface area contributed by atoms with Gasteiger partial charge in [0, 0.05) is 48.2 Å². The number of carbonyl (C=O) groups excluding carboxylic acids is 2. The molecular weight excluding hydrogens is 589 g/mol. The van der Waals surface area contributed by atoms with Gasteiger partial charge in [0.2, 0.25) is 0 Å². The predicted octanol–water partition coefficient (Wildman–Crippen LogP) is 6.02. The van der Waals surface area contributed by atoms with Gasteiger partial charge in [0.1, 0.15) is 11.5 Å². The molecule has 3 aromatic carbocycles. The Labute approximate surface area is 267 Å². The third-order valence-corrected chi connectivity index (χ3v) is 7.68. The summed E-state index contributed by atoms with van der Waals surface area (Å²) in [7, 11) is 3.30. The molecule has 2 atom stereocenters. The van der Waals surface area contributed by atoms with Crippen molar-refractivity contribution in [1.82, 2.24) is 9.47 Å². The quantitative estimate of drug-likeness (QED) is 0.143. The second-order valence-corrected chi connectivity index (χ2v) is 11.8. The Morgan fingerprint density at radius 1 is 0.870 bits per heavy atom. The minimum atomic E-state index is -1.21. The summed E-state index contributed by atoms with van der Waals surface area (Å²) in [5, 5.41) is 32.9. The number of benzene rings is 3. The maximum Gasteiger partial charge on any atom is 0.305 e. The van der Waals surface area contributed by atoms with Gasteiger partial charge in [-0.2, -0.15) is 0 Å². The van der Waals surface area contributed by atoms with Crippen LogP contribution in [0, 0.1) is 5.82 Å². The number of aliphatic hydroxyl groups is 2. The number of hydrogen-bond donors (Lipinski definition) is 4. The number of amides is 2. The van der Waals surface area contributed by atoms with Crippen LogP contribution in [0.1, 0.15) is 65.7 Å². The Kier molecular flexibility index (Phi) is 11.1. The summed E-state index contributed by atoms with van der Waals surface area (Å²) in [4.78, 5) is 39.5. The highest BCUT2D eigenvalue weighted by Gasteiger charge is 2.30. The van der Waals surface area contributed by atoms with Crippen LogP contribution >= 0.6 is 0 Å². The first-order valence-electron chi connectivity index (χ1n) is 15.2. The van der Waals surface area contributed by atoms with Gasteiger partial charge in [-0.3, -0.25) is 14.4 Å². The lowest BCUT2D eigenvalue weighted by Crippen LogP contribution is -2.23. The molecule has 0 bridgehead atoms. The van der Waals surface area contributed by atoms with Crippen molar-refractivity contribution in [1.29, 1.82) is 0 Å². The topological polar surface area (TPSA) is 132 Å². The van der Waals surface area contributed by atoms with E-state index in [0.717, 1.165) is 5.56 Å². The number of aliphatic hydroxyl groups excluding tert-OH is 2. The number of carboxylic acid groups (broad SMARTS) is 1. The molecule has 2 amide bonds. The van der Waals surface area contributed by atoms with Crippen LogP contribution in [0.2, 0.25) is 0 Å². The highest BCUT2D eigenvalue weighted by atomic mass is 19.1. The Balaban J connectivity index is 1.89. The van der Waals surface area contributed by atoms with E-state index in [-0.39, 0.29) is 31.2 Å². The number of carbonyl (C=O) groups is 3. The Morgan fingerprint density at radius 3 is 2.13 bits per heavy atom. The summed E-state index contributed by atoms with van der Waals surface area (Å²) in [5.74, 6) is -2.21. The number of carboxylic acids is 1. The zero-order chi connectivity index (χ0) is 33.5. The molecule has 242 valence electrons. The van der Waals surface area contributed by atoms with Crippen LogP contribution in [0.15, 0.2) is 78.9 Å². The van der Waals surface area contributed by atoms with Crippen LogP contribution in [-0.2, 0) is 11.2 Å². The molecule has 4 rings (SSSR count). The molecule has 0 spiro atoms. The second kappa shape index (κ2) is 15.0. The Morgan fingerprint density at radius 2 is 1.52 bits per heavy atom. The van der Waals surface area contributed by atoms with Crippen molar-refractivity contribution in [2.75, 3.05) is 19.4 Å². The first-order chi connectivity index (χ1) is 21.9.